The smallest absolute Gasteiger partial charge is 0.347 e. The number of phenols is 1. The zero-order valence-corrected chi connectivity index (χ0v) is 17.0. The van der Waals surface area contributed by atoms with E-state index >= 15 is 0 Å². The van der Waals surface area contributed by atoms with Crippen molar-refractivity contribution in [1.82, 2.24) is 0 Å². The fraction of sp³-hybridized carbons (Fsp3) is 0.316. The van der Waals surface area contributed by atoms with Crippen LogP contribution in [0.3, 0.4) is 0 Å². The summed E-state index contributed by atoms with van der Waals surface area (Å²) < 4.78 is 10.7. The molecule has 2 aromatic rings. The molecule has 0 amide bonds. The summed E-state index contributed by atoms with van der Waals surface area (Å²) >= 11 is 12.8. The topological polar surface area (TPSA) is 81.8 Å². The van der Waals surface area contributed by atoms with Crippen LogP contribution in [0.2, 0.25) is 10.0 Å². The second-order valence-corrected chi connectivity index (χ2v) is 6.81. The Balaban J connectivity index is 0.00000261. The molecule has 8 heteroatoms. The van der Waals surface area contributed by atoms with E-state index < -0.39 is 12.1 Å². The van der Waals surface area contributed by atoms with Gasteiger partial charge in [0.15, 0.2) is 6.10 Å². The molecule has 1 unspecified atom stereocenters. The van der Waals surface area contributed by atoms with Crippen LogP contribution >= 0.6 is 35.6 Å². The fourth-order valence-electron chi connectivity index (χ4n) is 3.01. The quantitative estimate of drug-likeness (QED) is 0.697. The normalized spacial score (nSPS) is 14.9. The van der Waals surface area contributed by atoms with Gasteiger partial charge >= 0.3 is 5.97 Å². The predicted octanol–water partition coefficient (Wildman–Crippen LogP) is 4.04. The predicted molar refractivity (Wildman–Crippen MR) is 107 cm³/mol. The van der Waals surface area contributed by atoms with Crippen LogP contribution < -0.4 is 10.5 Å². The number of hydrogen-bond donors (Lipinski definition) is 2. The Morgan fingerprint density at radius 2 is 2.04 bits per heavy atom. The summed E-state index contributed by atoms with van der Waals surface area (Å²) in [4.78, 5) is 11.9. The molecule has 2 aromatic carbocycles. The zero-order valence-electron chi connectivity index (χ0n) is 14.6. The molecule has 146 valence electrons. The molecule has 0 saturated carbocycles. The van der Waals surface area contributed by atoms with Crippen molar-refractivity contribution < 1.29 is 19.4 Å². The zero-order chi connectivity index (χ0) is 18.8. The molecule has 0 aromatic heterocycles. The highest BCUT2D eigenvalue weighted by molar-refractivity contribution is 6.43. The minimum absolute atomic E-state index is 0. The number of halogens is 3. The third-order valence-corrected chi connectivity index (χ3v) is 5.18. The Labute approximate surface area is 173 Å². The fourth-order valence-corrected chi connectivity index (χ4v) is 3.51. The first-order valence-electron chi connectivity index (χ1n) is 8.28. The minimum Gasteiger partial charge on any atom is -0.508 e. The number of carbonyl (C=O) groups excluding carboxylic acids is 1. The molecular formula is C19H20Cl3NO4. The summed E-state index contributed by atoms with van der Waals surface area (Å²) in [6.45, 7) is 2.28. The molecule has 1 atom stereocenters. The first kappa shape index (κ1) is 21.6. The van der Waals surface area contributed by atoms with E-state index in [-0.39, 0.29) is 24.7 Å². The van der Waals surface area contributed by atoms with Gasteiger partial charge in [0.1, 0.15) is 16.5 Å². The first-order chi connectivity index (χ1) is 12.4. The second-order valence-electron chi connectivity index (χ2n) is 6.06. The highest BCUT2D eigenvalue weighted by Crippen LogP contribution is 2.43. The lowest BCUT2D eigenvalue weighted by molar-refractivity contribution is -0.150. The highest BCUT2D eigenvalue weighted by atomic mass is 35.5. The molecule has 3 N–H and O–H groups in total. The van der Waals surface area contributed by atoms with Gasteiger partial charge in [0.2, 0.25) is 0 Å². The first-order valence-corrected chi connectivity index (χ1v) is 9.04. The van der Waals surface area contributed by atoms with Crippen molar-refractivity contribution in [2.45, 2.75) is 32.4 Å². The summed E-state index contributed by atoms with van der Waals surface area (Å²) in [5.74, 6) is 0.190. The van der Waals surface area contributed by atoms with Gasteiger partial charge in [-0.1, -0.05) is 41.4 Å². The van der Waals surface area contributed by atoms with Crippen molar-refractivity contribution in [2.75, 3.05) is 6.61 Å². The van der Waals surface area contributed by atoms with E-state index in [1.807, 2.05) is 18.2 Å². The molecule has 5 nitrogen and oxygen atoms in total. The van der Waals surface area contributed by atoms with Crippen LogP contribution in [0.5, 0.6) is 11.5 Å². The maximum atomic E-state index is 11.9. The van der Waals surface area contributed by atoms with Crippen LogP contribution in [-0.2, 0) is 28.9 Å². The Morgan fingerprint density at radius 3 is 2.70 bits per heavy atom. The number of carbonyl (C=O) groups is 1. The Bertz CT molecular complexity index is 857. The van der Waals surface area contributed by atoms with Gasteiger partial charge in [0, 0.05) is 24.1 Å². The molecule has 1 heterocycles. The summed E-state index contributed by atoms with van der Waals surface area (Å²) in [5, 5.41) is 10.4. The maximum Gasteiger partial charge on any atom is 0.347 e. The number of nitrogens with two attached hydrogens (primary N) is 1. The number of phenolic OH excluding ortho intramolecular Hbond substituents is 1. The highest BCUT2D eigenvalue weighted by Gasteiger charge is 2.33. The van der Waals surface area contributed by atoms with Crippen molar-refractivity contribution in [3.05, 3.63) is 56.6 Å². The van der Waals surface area contributed by atoms with Crippen molar-refractivity contribution in [1.29, 1.82) is 0 Å². The molecule has 3 rings (SSSR count). The molecule has 0 saturated heterocycles. The van der Waals surface area contributed by atoms with Crippen molar-refractivity contribution in [2.24, 2.45) is 5.73 Å². The van der Waals surface area contributed by atoms with Gasteiger partial charge < -0.3 is 20.3 Å². The Kier molecular flexibility index (Phi) is 7.23. The van der Waals surface area contributed by atoms with E-state index in [2.05, 4.69) is 0 Å². The van der Waals surface area contributed by atoms with Gasteiger partial charge in [-0.3, -0.25) is 0 Å². The van der Waals surface area contributed by atoms with Gasteiger partial charge in [-0.15, -0.1) is 12.4 Å². The number of hydrogen-bond acceptors (Lipinski definition) is 5. The summed E-state index contributed by atoms with van der Waals surface area (Å²) in [6.07, 6.45) is 0.205. The summed E-state index contributed by atoms with van der Waals surface area (Å²) in [7, 11) is 0. The lowest BCUT2D eigenvalue weighted by Crippen LogP contribution is -2.27. The van der Waals surface area contributed by atoms with Gasteiger partial charge in [-0.25, -0.2) is 4.79 Å². The molecule has 0 aliphatic carbocycles. The molecular weight excluding hydrogens is 413 g/mol. The Hall–Kier alpha value is -1.66. The van der Waals surface area contributed by atoms with E-state index in [1.165, 1.54) is 0 Å². The van der Waals surface area contributed by atoms with Crippen LogP contribution in [0.4, 0.5) is 0 Å². The van der Waals surface area contributed by atoms with Crippen molar-refractivity contribution >= 4 is 41.6 Å². The lowest BCUT2D eigenvalue weighted by atomic mass is 9.99. The van der Waals surface area contributed by atoms with E-state index in [0.29, 0.717) is 40.8 Å². The standard InChI is InChI=1S/C19H19Cl2NO4.ClH/c1-2-25-19(24)15-8-12-7-11(16(20)17(21)18(12)26-15)5-10-3-4-14(23)13(6-10)9-22;/h3-4,6-7,15,23H,2,5,8-9,22H2,1H3;1H. The van der Waals surface area contributed by atoms with E-state index in [0.717, 1.165) is 16.7 Å². The number of esters is 1. The number of ether oxygens (including phenoxy) is 2. The minimum atomic E-state index is -0.703. The molecule has 0 spiro atoms. The van der Waals surface area contributed by atoms with Gasteiger partial charge in [0.25, 0.3) is 0 Å². The third-order valence-electron chi connectivity index (χ3n) is 4.29. The maximum absolute atomic E-state index is 11.9. The second kappa shape index (κ2) is 9.02. The van der Waals surface area contributed by atoms with Crippen LogP contribution in [0.25, 0.3) is 0 Å². The summed E-state index contributed by atoms with van der Waals surface area (Å²) in [5.41, 5.74) is 8.89. The van der Waals surface area contributed by atoms with Crippen molar-refractivity contribution in [3.8, 4) is 11.5 Å². The number of rotatable bonds is 5. The van der Waals surface area contributed by atoms with Gasteiger partial charge in [0.05, 0.1) is 11.6 Å². The van der Waals surface area contributed by atoms with Crippen molar-refractivity contribution in [3.63, 3.8) is 0 Å². The van der Waals surface area contributed by atoms with E-state index in [1.54, 1.807) is 13.0 Å². The summed E-state index contributed by atoms with van der Waals surface area (Å²) in [6, 6.07) is 7.16. The van der Waals surface area contributed by atoms with Crippen LogP contribution in [-0.4, -0.2) is 23.8 Å². The van der Waals surface area contributed by atoms with E-state index in [4.69, 9.17) is 38.4 Å². The molecule has 0 radical (unpaired) electrons. The van der Waals surface area contributed by atoms with Crippen LogP contribution in [0.1, 0.15) is 29.2 Å². The van der Waals surface area contributed by atoms with E-state index in [9.17, 15) is 9.90 Å². The van der Waals surface area contributed by atoms with Crippen LogP contribution in [0, 0.1) is 0 Å². The molecule has 1 aliphatic heterocycles. The average molecular weight is 433 g/mol. The van der Waals surface area contributed by atoms with Gasteiger partial charge in [-0.05, 0) is 30.5 Å². The molecule has 0 bridgehead atoms. The molecule has 0 fully saturated rings. The molecule has 27 heavy (non-hydrogen) atoms. The largest absolute Gasteiger partial charge is 0.508 e. The van der Waals surface area contributed by atoms with Crippen LogP contribution in [0.15, 0.2) is 24.3 Å². The Morgan fingerprint density at radius 1 is 1.30 bits per heavy atom. The SMILES string of the molecule is CCOC(=O)C1Cc2cc(Cc3ccc(O)c(CN)c3)c(Cl)c(Cl)c2O1.Cl. The monoisotopic (exact) mass is 431 g/mol. The third kappa shape index (κ3) is 4.43. The number of fused-ring (bicyclic) bond motifs is 1. The average Bonchev–Trinajstić information content (AvgIpc) is 3.05. The number of aromatic hydroxyl groups is 1. The molecule has 1 aliphatic rings. The number of benzene rings is 2. The van der Waals surface area contributed by atoms with Gasteiger partial charge in [-0.2, -0.15) is 0 Å². The lowest BCUT2D eigenvalue weighted by Gasteiger charge is -2.12.